The molecule has 7 nitrogen and oxygen atoms in total. The summed E-state index contributed by atoms with van der Waals surface area (Å²) in [4.78, 5) is 28.6. The number of pyridine rings is 1. The fraction of sp³-hybridized carbons (Fsp3) is 0.350. The van der Waals surface area contributed by atoms with Crippen LogP contribution in [-0.4, -0.2) is 24.1 Å². The lowest BCUT2D eigenvalue weighted by atomic mass is 9.95. The molecule has 142 valence electrons. The van der Waals surface area contributed by atoms with E-state index in [1.807, 2.05) is 25.1 Å². The Bertz CT molecular complexity index is 853. The fourth-order valence-electron chi connectivity index (χ4n) is 3.14. The third-order valence-corrected chi connectivity index (χ3v) is 4.80. The number of carbonyl (C=O) groups is 2. The Hall–Kier alpha value is -2.93. The molecule has 0 spiro atoms. The number of anilines is 2. The lowest BCUT2D eigenvalue weighted by Crippen LogP contribution is -2.22. The van der Waals surface area contributed by atoms with E-state index in [1.54, 1.807) is 18.3 Å². The van der Waals surface area contributed by atoms with Crippen molar-refractivity contribution in [1.82, 2.24) is 4.98 Å². The molecule has 2 heterocycles. The highest BCUT2D eigenvalue weighted by atomic mass is 16.5. The Balaban J connectivity index is 2.07. The predicted octanol–water partition coefficient (Wildman–Crippen LogP) is 3.69. The van der Waals surface area contributed by atoms with Gasteiger partial charge in [0.15, 0.2) is 0 Å². The van der Waals surface area contributed by atoms with E-state index >= 15 is 0 Å². The normalized spacial score (nSPS) is 19.7. The molecule has 0 fully saturated rings. The molecular weight excluding hydrogens is 344 g/mol. The first kappa shape index (κ1) is 18.8. The van der Waals surface area contributed by atoms with Crippen molar-refractivity contribution in [1.29, 1.82) is 0 Å². The Labute approximate surface area is 158 Å². The summed E-state index contributed by atoms with van der Waals surface area (Å²) in [6.07, 6.45) is 3.59. The average Bonchev–Trinajstić information content (AvgIpc) is 2.67. The number of methoxy groups -OCH3 is 1. The summed E-state index contributed by atoms with van der Waals surface area (Å²) in [6.45, 7) is 1.90. The maximum atomic E-state index is 12.6. The minimum Gasteiger partial charge on any atom is -0.453 e. The number of ether oxygens (including phenoxy) is 1. The number of hydrogen-bond donors (Lipinski definition) is 3. The van der Waals surface area contributed by atoms with Crippen LogP contribution in [0.1, 0.15) is 37.8 Å². The molecule has 0 radical (unpaired) electrons. The van der Waals surface area contributed by atoms with Crippen molar-refractivity contribution in [3.8, 4) is 11.3 Å². The van der Waals surface area contributed by atoms with E-state index in [4.69, 9.17) is 5.73 Å². The number of fused-ring (bicyclic) bond motifs is 4. The van der Waals surface area contributed by atoms with E-state index in [1.165, 1.54) is 7.11 Å². The van der Waals surface area contributed by atoms with E-state index in [0.29, 0.717) is 11.4 Å². The molecule has 2 aromatic rings. The van der Waals surface area contributed by atoms with Gasteiger partial charge in [-0.1, -0.05) is 13.3 Å². The molecule has 0 aliphatic carbocycles. The van der Waals surface area contributed by atoms with Gasteiger partial charge in [0.2, 0.25) is 5.91 Å². The second-order valence-corrected chi connectivity index (χ2v) is 6.78. The van der Waals surface area contributed by atoms with Crippen molar-refractivity contribution in [2.24, 2.45) is 11.7 Å². The summed E-state index contributed by atoms with van der Waals surface area (Å²) in [5, 5.41) is 5.59. The van der Waals surface area contributed by atoms with Crippen LogP contribution < -0.4 is 16.4 Å². The molecule has 1 aromatic carbocycles. The molecule has 2 amide bonds. The highest BCUT2D eigenvalue weighted by Crippen LogP contribution is 2.32. The van der Waals surface area contributed by atoms with Gasteiger partial charge in [-0.05, 0) is 48.7 Å². The summed E-state index contributed by atoms with van der Waals surface area (Å²) in [7, 11) is 1.30. The van der Waals surface area contributed by atoms with Gasteiger partial charge in [0.05, 0.1) is 18.5 Å². The second kappa shape index (κ2) is 8.18. The minimum atomic E-state index is -0.575. The fourth-order valence-corrected chi connectivity index (χ4v) is 3.14. The molecule has 0 saturated heterocycles. The number of nitrogens with two attached hydrogens (primary N) is 1. The summed E-state index contributed by atoms with van der Waals surface area (Å²) in [6, 6.07) is 9.05. The molecule has 1 aromatic heterocycles. The Morgan fingerprint density at radius 1 is 1.30 bits per heavy atom. The Morgan fingerprint density at radius 2 is 2.11 bits per heavy atom. The van der Waals surface area contributed by atoms with E-state index in [0.717, 1.165) is 36.1 Å². The summed E-state index contributed by atoms with van der Waals surface area (Å²) >= 11 is 0. The second-order valence-electron chi connectivity index (χ2n) is 6.78. The zero-order valence-corrected chi connectivity index (χ0v) is 15.5. The van der Waals surface area contributed by atoms with Crippen LogP contribution in [0.2, 0.25) is 0 Å². The van der Waals surface area contributed by atoms with Crippen molar-refractivity contribution in [2.45, 2.75) is 32.2 Å². The maximum Gasteiger partial charge on any atom is 0.411 e. The molecule has 1 aliphatic rings. The molecule has 2 atom stereocenters. The lowest BCUT2D eigenvalue weighted by molar-refractivity contribution is -0.119. The molecule has 0 unspecified atom stereocenters. The third kappa shape index (κ3) is 4.43. The number of amides is 2. The van der Waals surface area contributed by atoms with E-state index in [9.17, 15) is 9.59 Å². The topological polar surface area (TPSA) is 106 Å². The molecule has 1 aliphatic heterocycles. The highest BCUT2D eigenvalue weighted by molar-refractivity contribution is 5.98. The number of rotatable bonds is 1. The number of benzene rings is 1. The van der Waals surface area contributed by atoms with E-state index < -0.39 is 6.09 Å². The molecule has 2 bridgehead atoms. The van der Waals surface area contributed by atoms with Crippen molar-refractivity contribution < 1.29 is 14.3 Å². The zero-order chi connectivity index (χ0) is 19.4. The SMILES string of the molecule is COC(=O)Nc1ccc2c(c1)NC(=O)[C@H](C)CCC[C@H](N)c1ccnc-2c1. The van der Waals surface area contributed by atoms with Crippen LogP contribution in [0.15, 0.2) is 36.5 Å². The van der Waals surface area contributed by atoms with Crippen LogP contribution in [0.4, 0.5) is 16.2 Å². The van der Waals surface area contributed by atoms with Crippen molar-refractivity contribution >= 4 is 23.4 Å². The van der Waals surface area contributed by atoms with Crippen LogP contribution in [0.3, 0.4) is 0 Å². The number of nitrogens with zero attached hydrogens (tertiary/aromatic N) is 1. The highest BCUT2D eigenvalue weighted by Gasteiger charge is 2.19. The number of nitrogens with one attached hydrogen (secondary N) is 2. The monoisotopic (exact) mass is 368 g/mol. The Morgan fingerprint density at radius 3 is 2.89 bits per heavy atom. The Kier molecular flexibility index (Phi) is 5.71. The van der Waals surface area contributed by atoms with Crippen LogP contribution >= 0.6 is 0 Å². The van der Waals surface area contributed by atoms with Gasteiger partial charge in [-0.15, -0.1) is 0 Å². The van der Waals surface area contributed by atoms with Crippen LogP contribution in [0, 0.1) is 5.92 Å². The zero-order valence-electron chi connectivity index (χ0n) is 15.5. The van der Waals surface area contributed by atoms with Gasteiger partial charge in [0, 0.05) is 29.4 Å². The van der Waals surface area contributed by atoms with Gasteiger partial charge >= 0.3 is 6.09 Å². The molecule has 4 N–H and O–H groups in total. The number of carbonyl (C=O) groups excluding carboxylic acids is 2. The smallest absolute Gasteiger partial charge is 0.411 e. The molecule has 27 heavy (non-hydrogen) atoms. The first-order chi connectivity index (χ1) is 13.0. The van der Waals surface area contributed by atoms with Crippen molar-refractivity contribution in [2.75, 3.05) is 17.7 Å². The van der Waals surface area contributed by atoms with Crippen molar-refractivity contribution in [3.05, 3.63) is 42.1 Å². The third-order valence-electron chi connectivity index (χ3n) is 4.80. The van der Waals surface area contributed by atoms with E-state index in [2.05, 4.69) is 20.4 Å². The van der Waals surface area contributed by atoms with Gasteiger partial charge in [0.1, 0.15) is 0 Å². The average molecular weight is 368 g/mol. The van der Waals surface area contributed by atoms with E-state index in [-0.39, 0.29) is 17.9 Å². The van der Waals surface area contributed by atoms with Crippen molar-refractivity contribution in [3.63, 3.8) is 0 Å². The summed E-state index contributed by atoms with van der Waals surface area (Å²) in [5.74, 6) is -0.218. The number of hydrogen-bond acceptors (Lipinski definition) is 5. The molecular formula is C20H24N4O3. The van der Waals surface area contributed by atoms with Crippen LogP contribution in [0.25, 0.3) is 11.3 Å². The summed E-state index contributed by atoms with van der Waals surface area (Å²) in [5.41, 5.74) is 9.93. The minimum absolute atomic E-state index is 0.0724. The predicted molar refractivity (Wildman–Crippen MR) is 104 cm³/mol. The van der Waals surface area contributed by atoms with Gasteiger partial charge in [-0.25, -0.2) is 4.79 Å². The molecule has 7 heteroatoms. The largest absolute Gasteiger partial charge is 0.453 e. The number of aromatic nitrogens is 1. The summed E-state index contributed by atoms with van der Waals surface area (Å²) < 4.78 is 4.63. The van der Waals surface area contributed by atoms with Gasteiger partial charge in [-0.3, -0.25) is 15.1 Å². The van der Waals surface area contributed by atoms with Gasteiger partial charge in [-0.2, -0.15) is 0 Å². The standard InChI is InChI=1S/C20H24N4O3/c1-12-4-3-5-16(21)13-8-9-22-17(10-13)15-7-6-14(23-20(26)27-2)11-18(15)24-19(12)25/h6-12,16H,3-5,21H2,1-2H3,(H,23,26)(H,24,25)/t12-,16+/m1/s1. The first-order valence-corrected chi connectivity index (χ1v) is 8.99. The molecule has 0 saturated carbocycles. The molecule has 3 rings (SSSR count). The van der Waals surface area contributed by atoms with Crippen LogP contribution in [-0.2, 0) is 9.53 Å². The lowest BCUT2D eigenvalue weighted by Gasteiger charge is -2.19. The van der Waals surface area contributed by atoms with Crippen LogP contribution in [0.5, 0.6) is 0 Å². The maximum absolute atomic E-state index is 12.6. The van der Waals surface area contributed by atoms with Gasteiger partial charge < -0.3 is 15.8 Å². The van der Waals surface area contributed by atoms with Gasteiger partial charge in [0.25, 0.3) is 0 Å². The quantitative estimate of drug-likeness (QED) is 0.712. The first-order valence-electron chi connectivity index (χ1n) is 8.99.